The largest absolute Gasteiger partial charge is 0.387 e. The Balaban J connectivity index is 2.53. The second-order valence-electron chi connectivity index (χ2n) is 3.62. The van der Waals surface area contributed by atoms with Crippen molar-refractivity contribution >= 4 is 16.8 Å². The number of aliphatic hydroxyl groups excluding tert-OH is 1. The molecule has 0 spiro atoms. The van der Waals surface area contributed by atoms with E-state index < -0.39 is 6.10 Å². The quantitative estimate of drug-likeness (QED) is 0.704. The fraction of sp³-hybridized carbons (Fsp3) is 0.273. The van der Waals surface area contributed by atoms with Crippen molar-refractivity contribution in [1.82, 2.24) is 15.5 Å². The van der Waals surface area contributed by atoms with Gasteiger partial charge in [0.15, 0.2) is 0 Å². The van der Waals surface area contributed by atoms with Crippen LogP contribution < -0.4 is 5.32 Å². The summed E-state index contributed by atoms with van der Waals surface area (Å²) in [5.74, 6) is -0.150. The summed E-state index contributed by atoms with van der Waals surface area (Å²) in [5.41, 5.74) is 1.90. The molecule has 0 saturated carbocycles. The molecule has 0 radical (unpaired) electrons. The van der Waals surface area contributed by atoms with Crippen LogP contribution in [0.5, 0.6) is 0 Å². The monoisotopic (exact) mass is 219 g/mol. The van der Waals surface area contributed by atoms with Crippen LogP contribution in [0.2, 0.25) is 0 Å². The SMILES string of the molecule is CNC(=O)c1ccc2c(C(C)O)[nH]nc2c1. The molecular weight excluding hydrogens is 206 g/mol. The maximum atomic E-state index is 11.4. The third-order valence-corrected chi connectivity index (χ3v) is 2.49. The van der Waals surface area contributed by atoms with Crippen molar-refractivity contribution in [3.8, 4) is 0 Å². The molecule has 5 heteroatoms. The summed E-state index contributed by atoms with van der Waals surface area (Å²) in [6.45, 7) is 1.67. The van der Waals surface area contributed by atoms with Gasteiger partial charge in [0, 0.05) is 18.0 Å². The van der Waals surface area contributed by atoms with Crippen LogP contribution in [-0.4, -0.2) is 28.3 Å². The van der Waals surface area contributed by atoms with Gasteiger partial charge in [0.05, 0.1) is 17.3 Å². The number of hydrogen-bond acceptors (Lipinski definition) is 3. The first kappa shape index (κ1) is 10.6. The third kappa shape index (κ3) is 1.65. The Morgan fingerprint density at radius 2 is 2.31 bits per heavy atom. The van der Waals surface area contributed by atoms with E-state index in [-0.39, 0.29) is 5.91 Å². The Kier molecular flexibility index (Phi) is 2.62. The zero-order valence-electron chi connectivity index (χ0n) is 9.11. The fourth-order valence-electron chi connectivity index (χ4n) is 1.64. The van der Waals surface area contributed by atoms with Crippen molar-refractivity contribution in [3.63, 3.8) is 0 Å². The molecule has 3 N–H and O–H groups in total. The Hall–Kier alpha value is -1.88. The van der Waals surface area contributed by atoms with Gasteiger partial charge in [-0.25, -0.2) is 0 Å². The Bertz CT molecular complexity index is 531. The van der Waals surface area contributed by atoms with E-state index in [2.05, 4.69) is 15.5 Å². The number of amides is 1. The van der Waals surface area contributed by atoms with Crippen LogP contribution in [0.15, 0.2) is 18.2 Å². The molecule has 1 amide bonds. The van der Waals surface area contributed by atoms with Crippen molar-refractivity contribution in [2.24, 2.45) is 0 Å². The maximum absolute atomic E-state index is 11.4. The van der Waals surface area contributed by atoms with Crippen molar-refractivity contribution in [2.75, 3.05) is 7.05 Å². The van der Waals surface area contributed by atoms with Crippen LogP contribution in [-0.2, 0) is 0 Å². The highest BCUT2D eigenvalue weighted by Crippen LogP contribution is 2.22. The first-order valence-corrected chi connectivity index (χ1v) is 5.01. The smallest absolute Gasteiger partial charge is 0.251 e. The molecule has 0 saturated heterocycles. The van der Waals surface area contributed by atoms with Gasteiger partial charge in [-0.05, 0) is 19.1 Å². The molecule has 0 aliphatic rings. The number of rotatable bonds is 2. The van der Waals surface area contributed by atoms with Crippen LogP contribution in [0.4, 0.5) is 0 Å². The fourth-order valence-corrected chi connectivity index (χ4v) is 1.64. The lowest BCUT2D eigenvalue weighted by Crippen LogP contribution is -2.17. The minimum atomic E-state index is -0.601. The summed E-state index contributed by atoms with van der Waals surface area (Å²) in [7, 11) is 1.58. The molecular formula is C11H13N3O2. The normalized spacial score (nSPS) is 12.7. The predicted molar refractivity (Wildman–Crippen MR) is 60.1 cm³/mol. The van der Waals surface area contributed by atoms with Gasteiger partial charge in [-0.15, -0.1) is 0 Å². The number of carbonyl (C=O) groups is 1. The number of benzene rings is 1. The molecule has 1 atom stereocenters. The lowest BCUT2D eigenvalue weighted by atomic mass is 10.1. The van der Waals surface area contributed by atoms with Crippen molar-refractivity contribution in [3.05, 3.63) is 29.5 Å². The molecule has 1 unspecified atom stereocenters. The van der Waals surface area contributed by atoms with E-state index in [0.717, 1.165) is 5.39 Å². The number of H-pyrrole nitrogens is 1. The summed E-state index contributed by atoms with van der Waals surface area (Å²) < 4.78 is 0. The second kappa shape index (κ2) is 3.94. The zero-order valence-corrected chi connectivity index (χ0v) is 9.11. The van der Waals surface area contributed by atoms with Gasteiger partial charge in [0.1, 0.15) is 0 Å². The van der Waals surface area contributed by atoms with E-state index in [9.17, 15) is 9.90 Å². The van der Waals surface area contributed by atoms with Crippen LogP contribution >= 0.6 is 0 Å². The first-order chi connectivity index (χ1) is 7.63. The summed E-state index contributed by atoms with van der Waals surface area (Å²) in [6, 6.07) is 5.19. The summed E-state index contributed by atoms with van der Waals surface area (Å²) >= 11 is 0. The van der Waals surface area contributed by atoms with Crippen molar-refractivity contribution < 1.29 is 9.90 Å². The average molecular weight is 219 g/mol. The van der Waals surface area contributed by atoms with Gasteiger partial charge in [0.25, 0.3) is 5.91 Å². The minimum Gasteiger partial charge on any atom is -0.387 e. The molecule has 84 valence electrons. The van der Waals surface area contributed by atoms with Crippen LogP contribution in [0.3, 0.4) is 0 Å². The Labute approximate surface area is 92.5 Å². The van der Waals surface area contributed by atoms with Crippen LogP contribution in [0.25, 0.3) is 10.9 Å². The highest BCUT2D eigenvalue weighted by molar-refractivity contribution is 5.98. The number of hydrogen-bond donors (Lipinski definition) is 3. The first-order valence-electron chi connectivity index (χ1n) is 5.01. The molecule has 0 aliphatic carbocycles. The van der Waals surface area contributed by atoms with E-state index in [1.807, 2.05) is 0 Å². The van der Waals surface area contributed by atoms with E-state index in [1.54, 1.807) is 32.2 Å². The minimum absolute atomic E-state index is 0.150. The molecule has 5 nitrogen and oxygen atoms in total. The Morgan fingerprint density at radius 3 is 2.94 bits per heavy atom. The molecule has 0 bridgehead atoms. The van der Waals surface area contributed by atoms with Crippen LogP contribution in [0.1, 0.15) is 29.1 Å². The molecule has 2 aromatic rings. The van der Waals surface area contributed by atoms with Crippen molar-refractivity contribution in [1.29, 1.82) is 0 Å². The molecule has 0 fully saturated rings. The van der Waals surface area contributed by atoms with Crippen LogP contribution in [0, 0.1) is 0 Å². The van der Waals surface area contributed by atoms with Crippen molar-refractivity contribution in [2.45, 2.75) is 13.0 Å². The topological polar surface area (TPSA) is 78.0 Å². The molecule has 1 heterocycles. The second-order valence-corrected chi connectivity index (χ2v) is 3.62. The highest BCUT2D eigenvalue weighted by atomic mass is 16.3. The van der Waals surface area contributed by atoms with E-state index in [1.165, 1.54) is 0 Å². The molecule has 0 aliphatic heterocycles. The molecule has 1 aromatic heterocycles. The molecule has 16 heavy (non-hydrogen) atoms. The molecule has 1 aromatic carbocycles. The number of aliphatic hydroxyl groups is 1. The number of aromatic amines is 1. The Morgan fingerprint density at radius 1 is 1.56 bits per heavy atom. The highest BCUT2D eigenvalue weighted by Gasteiger charge is 2.11. The summed E-state index contributed by atoms with van der Waals surface area (Å²) in [5, 5.41) is 19.7. The summed E-state index contributed by atoms with van der Waals surface area (Å²) in [6.07, 6.45) is -0.601. The predicted octanol–water partition coefficient (Wildman–Crippen LogP) is 0.976. The summed E-state index contributed by atoms with van der Waals surface area (Å²) in [4.78, 5) is 11.4. The van der Waals surface area contributed by atoms with Gasteiger partial charge in [-0.1, -0.05) is 6.07 Å². The molecule has 2 rings (SSSR count). The van der Waals surface area contributed by atoms with Gasteiger partial charge >= 0.3 is 0 Å². The lowest BCUT2D eigenvalue weighted by molar-refractivity contribution is 0.0963. The van der Waals surface area contributed by atoms with E-state index in [4.69, 9.17) is 0 Å². The van der Waals surface area contributed by atoms with E-state index in [0.29, 0.717) is 16.8 Å². The zero-order chi connectivity index (χ0) is 11.7. The van der Waals surface area contributed by atoms with Gasteiger partial charge < -0.3 is 10.4 Å². The number of nitrogens with one attached hydrogen (secondary N) is 2. The maximum Gasteiger partial charge on any atom is 0.251 e. The standard InChI is InChI=1S/C11H13N3O2/c1-6(15)10-8-4-3-7(11(16)12-2)5-9(8)13-14-10/h3-6,15H,1-2H3,(H,12,16)(H,13,14). The van der Waals surface area contributed by atoms with Gasteiger partial charge in [-0.3, -0.25) is 9.89 Å². The van der Waals surface area contributed by atoms with Gasteiger partial charge in [-0.2, -0.15) is 5.10 Å². The lowest BCUT2D eigenvalue weighted by Gasteiger charge is -2.01. The van der Waals surface area contributed by atoms with E-state index >= 15 is 0 Å². The third-order valence-electron chi connectivity index (χ3n) is 2.49. The number of carbonyl (C=O) groups excluding carboxylic acids is 1. The average Bonchev–Trinajstić information content (AvgIpc) is 2.70. The number of aromatic nitrogens is 2. The van der Waals surface area contributed by atoms with Gasteiger partial charge in [0.2, 0.25) is 0 Å². The number of nitrogens with zero attached hydrogens (tertiary/aromatic N) is 1. The number of fused-ring (bicyclic) bond motifs is 1.